The van der Waals surface area contributed by atoms with Crippen molar-refractivity contribution < 1.29 is 13.6 Å². The Morgan fingerprint density at radius 2 is 2.05 bits per heavy atom. The molecular weight excluding hydrogens is 345 g/mol. The Balaban J connectivity index is 2.16. The van der Waals surface area contributed by atoms with Gasteiger partial charge in [-0.1, -0.05) is 28.4 Å². The number of amidine groups is 1. The molecule has 0 unspecified atom stereocenters. The Morgan fingerprint density at radius 1 is 1.45 bits per heavy atom. The highest BCUT2D eigenvalue weighted by atomic mass is 35.5. The summed E-state index contributed by atoms with van der Waals surface area (Å²) in [5.41, 5.74) is 5.54. The Kier molecular flexibility index (Phi) is 4.80. The number of hydrogen-bond acceptors (Lipinski definition) is 5. The molecule has 0 bridgehead atoms. The van der Waals surface area contributed by atoms with Gasteiger partial charge in [-0.3, -0.25) is 0 Å². The smallest absolute Gasteiger partial charge is 0.245 e. The quantitative estimate of drug-likeness (QED) is 0.375. The molecule has 0 spiro atoms. The third kappa shape index (κ3) is 3.04. The van der Waals surface area contributed by atoms with Crippen LogP contribution in [0.1, 0.15) is 12.8 Å². The number of hydrogen-bond donors (Lipinski definition) is 2. The molecule has 10 heteroatoms. The molecule has 0 aliphatic carbocycles. The number of nitrogens with zero attached hydrogens (tertiary/aromatic N) is 2. The van der Waals surface area contributed by atoms with Gasteiger partial charge in [0.05, 0.1) is 4.34 Å². The number of sulfonamides is 1. The van der Waals surface area contributed by atoms with Gasteiger partial charge in [0.25, 0.3) is 0 Å². The first-order valence-electron chi connectivity index (χ1n) is 5.78. The van der Waals surface area contributed by atoms with E-state index in [0.717, 1.165) is 11.3 Å². The highest BCUT2D eigenvalue weighted by Gasteiger charge is 2.33. The third-order valence-electron chi connectivity index (χ3n) is 3.23. The average molecular weight is 358 g/mol. The molecule has 2 rings (SSSR count). The second-order valence-electron chi connectivity index (χ2n) is 4.39. The molecule has 0 amide bonds. The van der Waals surface area contributed by atoms with Crippen LogP contribution in [0.5, 0.6) is 0 Å². The summed E-state index contributed by atoms with van der Waals surface area (Å²) in [6.45, 7) is 0.597. The van der Waals surface area contributed by atoms with Crippen LogP contribution < -0.4 is 5.73 Å². The zero-order valence-electron chi connectivity index (χ0n) is 10.3. The summed E-state index contributed by atoms with van der Waals surface area (Å²) in [4.78, 5) is 0.0383. The maximum Gasteiger partial charge on any atom is 0.245 e. The average Bonchev–Trinajstić information content (AvgIpc) is 2.77. The number of rotatable bonds is 3. The fourth-order valence-corrected chi connectivity index (χ4v) is 5.70. The lowest BCUT2D eigenvalue weighted by Gasteiger charge is -2.30. The van der Waals surface area contributed by atoms with Crippen molar-refractivity contribution in [2.75, 3.05) is 13.1 Å². The van der Waals surface area contributed by atoms with Crippen LogP contribution in [0.15, 0.2) is 16.1 Å². The summed E-state index contributed by atoms with van der Waals surface area (Å²) in [5.74, 6) is 0.0339. The van der Waals surface area contributed by atoms with Gasteiger partial charge in [0, 0.05) is 19.0 Å². The molecule has 6 nitrogen and oxygen atoms in total. The summed E-state index contributed by atoms with van der Waals surface area (Å²) in [5, 5.41) is 11.6. The molecular formula is C10H13Cl2N3O3S2. The largest absolute Gasteiger partial charge is 0.409 e. The van der Waals surface area contributed by atoms with Crippen molar-refractivity contribution in [2.45, 2.75) is 17.7 Å². The van der Waals surface area contributed by atoms with E-state index in [1.54, 1.807) is 0 Å². The van der Waals surface area contributed by atoms with Crippen LogP contribution in [-0.2, 0) is 10.0 Å². The van der Waals surface area contributed by atoms with Crippen molar-refractivity contribution in [3.05, 3.63) is 14.7 Å². The summed E-state index contributed by atoms with van der Waals surface area (Å²) in [7, 11) is -3.64. The fourth-order valence-electron chi connectivity index (χ4n) is 2.11. The first-order valence-corrected chi connectivity index (χ1v) is 8.80. The van der Waals surface area contributed by atoms with E-state index in [4.69, 9.17) is 34.1 Å². The maximum absolute atomic E-state index is 12.4. The van der Waals surface area contributed by atoms with Gasteiger partial charge >= 0.3 is 0 Å². The number of nitrogens with two attached hydrogens (primary N) is 1. The minimum absolute atomic E-state index is 0.0383. The second-order valence-corrected chi connectivity index (χ2v) is 8.58. The molecule has 0 atom stereocenters. The summed E-state index contributed by atoms with van der Waals surface area (Å²) in [6.07, 6.45) is 1.01. The van der Waals surface area contributed by atoms with E-state index in [2.05, 4.69) is 5.16 Å². The standard InChI is InChI=1S/C10H13Cl2N3O3S2/c11-8-5-7(9(12)19-8)20(17,18)15-3-1-6(2-4-15)10(13)14-16/h5-6,16H,1-4H2,(H2,13,14). The SMILES string of the molecule is NC(=NO)C1CCN(S(=O)(=O)c2cc(Cl)sc2Cl)CC1. The Morgan fingerprint density at radius 3 is 2.50 bits per heavy atom. The van der Waals surface area contributed by atoms with Crippen LogP contribution >= 0.6 is 34.5 Å². The Bertz CT molecular complexity index is 622. The monoisotopic (exact) mass is 357 g/mol. The van der Waals surface area contributed by atoms with Gasteiger partial charge in [-0.25, -0.2) is 8.42 Å². The lowest BCUT2D eigenvalue weighted by atomic mass is 9.97. The van der Waals surface area contributed by atoms with Gasteiger partial charge < -0.3 is 10.9 Å². The van der Waals surface area contributed by atoms with E-state index in [0.29, 0.717) is 30.3 Å². The van der Waals surface area contributed by atoms with Crippen LogP contribution in [0.3, 0.4) is 0 Å². The van der Waals surface area contributed by atoms with E-state index in [1.165, 1.54) is 10.4 Å². The van der Waals surface area contributed by atoms with Gasteiger partial charge in [0.2, 0.25) is 10.0 Å². The van der Waals surface area contributed by atoms with Gasteiger partial charge in [0.15, 0.2) is 0 Å². The number of thiophene rings is 1. The first kappa shape index (κ1) is 15.8. The Labute approximate surface area is 130 Å². The fraction of sp³-hybridized carbons (Fsp3) is 0.500. The highest BCUT2D eigenvalue weighted by molar-refractivity contribution is 7.89. The van der Waals surface area contributed by atoms with Crippen molar-refractivity contribution in [3.8, 4) is 0 Å². The first-order chi connectivity index (χ1) is 9.36. The van der Waals surface area contributed by atoms with Crippen LogP contribution in [0.25, 0.3) is 0 Å². The normalized spacial score (nSPS) is 19.4. The molecule has 0 saturated carbocycles. The molecule has 1 fully saturated rings. The predicted molar refractivity (Wildman–Crippen MR) is 79.2 cm³/mol. The van der Waals surface area contributed by atoms with E-state index in [9.17, 15) is 8.42 Å². The highest BCUT2D eigenvalue weighted by Crippen LogP contribution is 2.36. The molecule has 1 saturated heterocycles. The molecule has 20 heavy (non-hydrogen) atoms. The van der Waals surface area contributed by atoms with Crippen LogP contribution in [0.4, 0.5) is 0 Å². The Hall–Kier alpha value is -0.540. The third-order valence-corrected chi connectivity index (χ3v) is 6.88. The van der Waals surface area contributed by atoms with Crippen molar-refractivity contribution in [1.29, 1.82) is 0 Å². The molecule has 0 radical (unpaired) electrons. The molecule has 1 aliphatic heterocycles. The maximum atomic E-state index is 12.4. The molecule has 3 N–H and O–H groups in total. The zero-order chi connectivity index (χ0) is 14.9. The summed E-state index contributed by atoms with van der Waals surface area (Å²) in [6, 6.07) is 1.36. The van der Waals surface area contributed by atoms with Crippen molar-refractivity contribution in [2.24, 2.45) is 16.8 Å². The van der Waals surface area contributed by atoms with Crippen LogP contribution in [0.2, 0.25) is 8.67 Å². The van der Waals surface area contributed by atoms with E-state index < -0.39 is 10.0 Å². The molecule has 1 aromatic rings. The number of halogens is 2. The minimum Gasteiger partial charge on any atom is -0.409 e. The van der Waals surface area contributed by atoms with Crippen LogP contribution in [0, 0.1) is 5.92 Å². The van der Waals surface area contributed by atoms with E-state index in [1.807, 2.05) is 0 Å². The molecule has 1 aliphatic rings. The van der Waals surface area contributed by atoms with Crippen molar-refractivity contribution >= 4 is 50.4 Å². The van der Waals surface area contributed by atoms with Gasteiger partial charge in [0.1, 0.15) is 15.1 Å². The molecule has 2 heterocycles. The van der Waals surface area contributed by atoms with Crippen LogP contribution in [-0.4, -0.2) is 36.9 Å². The molecule has 0 aromatic carbocycles. The number of piperidine rings is 1. The summed E-state index contributed by atoms with van der Waals surface area (Å²) < 4.78 is 26.7. The predicted octanol–water partition coefficient (Wildman–Crippen LogP) is 2.20. The van der Waals surface area contributed by atoms with E-state index >= 15 is 0 Å². The minimum atomic E-state index is -3.64. The topological polar surface area (TPSA) is 96.0 Å². The summed E-state index contributed by atoms with van der Waals surface area (Å²) >= 11 is 12.7. The lowest BCUT2D eigenvalue weighted by Crippen LogP contribution is -2.41. The van der Waals surface area contributed by atoms with E-state index in [-0.39, 0.29) is 21.0 Å². The van der Waals surface area contributed by atoms with Gasteiger partial charge in [-0.05, 0) is 18.9 Å². The van der Waals surface area contributed by atoms with Gasteiger partial charge in [-0.15, -0.1) is 11.3 Å². The lowest BCUT2D eigenvalue weighted by molar-refractivity contribution is 0.291. The second kappa shape index (κ2) is 6.07. The van der Waals surface area contributed by atoms with Crippen molar-refractivity contribution in [1.82, 2.24) is 4.31 Å². The van der Waals surface area contributed by atoms with Crippen molar-refractivity contribution in [3.63, 3.8) is 0 Å². The molecule has 1 aromatic heterocycles. The zero-order valence-corrected chi connectivity index (χ0v) is 13.4. The van der Waals surface area contributed by atoms with Gasteiger partial charge in [-0.2, -0.15) is 4.31 Å². The number of oxime groups is 1. The molecule has 112 valence electrons.